The van der Waals surface area contributed by atoms with E-state index < -0.39 is 24.3 Å². The molecule has 0 rings (SSSR count). The molecule has 0 fully saturated rings. The van der Waals surface area contributed by atoms with E-state index in [1.807, 2.05) is 21.1 Å². The molecular formula is C66H111NO8. The van der Waals surface area contributed by atoms with Crippen LogP contribution < -0.4 is 5.11 Å². The number of hydrogen-bond acceptors (Lipinski definition) is 8. The topological polar surface area (TPSA) is 111 Å². The van der Waals surface area contributed by atoms with E-state index in [-0.39, 0.29) is 38.6 Å². The highest BCUT2D eigenvalue weighted by molar-refractivity contribution is 5.70. The minimum atomic E-state index is -1.63. The third-order valence-electron chi connectivity index (χ3n) is 12.5. The first-order chi connectivity index (χ1) is 36.6. The van der Waals surface area contributed by atoms with Crippen molar-refractivity contribution in [1.82, 2.24) is 0 Å². The number of unbranched alkanes of at least 4 members (excludes halogenated alkanes) is 21. The number of esters is 2. The predicted molar refractivity (Wildman–Crippen MR) is 315 cm³/mol. The summed E-state index contributed by atoms with van der Waals surface area (Å²) in [6.45, 7) is 4.48. The van der Waals surface area contributed by atoms with E-state index in [0.29, 0.717) is 23.9 Å². The Hall–Kier alpha value is -4.05. The third-order valence-corrected chi connectivity index (χ3v) is 12.5. The summed E-state index contributed by atoms with van der Waals surface area (Å²) in [5, 5.41) is 11.8. The van der Waals surface area contributed by atoms with Crippen molar-refractivity contribution in [3.63, 3.8) is 0 Å². The Labute approximate surface area is 460 Å². The van der Waals surface area contributed by atoms with Gasteiger partial charge in [0.2, 0.25) is 0 Å². The van der Waals surface area contributed by atoms with Gasteiger partial charge in [0, 0.05) is 12.8 Å². The van der Waals surface area contributed by atoms with E-state index >= 15 is 0 Å². The monoisotopic (exact) mass is 1050 g/mol. The van der Waals surface area contributed by atoms with Crippen molar-refractivity contribution < 1.29 is 42.9 Å². The van der Waals surface area contributed by atoms with Crippen LogP contribution in [0.15, 0.2) is 109 Å². The largest absolute Gasteiger partial charge is 0.545 e. The molecule has 0 aromatic rings. The number of carbonyl (C=O) groups excluding carboxylic acids is 3. The normalized spacial score (nSPS) is 13.6. The number of ether oxygens (including phenoxy) is 4. The summed E-state index contributed by atoms with van der Waals surface area (Å²) >= 11 is 0. The molecule has 2 atom stereocenters. The third kappa shape index (κ3) is 57.5. The Balaban J connectivity index is 4.06. The van der Waals surface area contributed by atoms with Gasteiger partial charge in [0.05, 0.1) is 40.3 Å². The molecular weight excluding hydrogens is 935 g/mol. The molecule has 0 bridgehead atoms. The second kappa shape index (κ2) is 56.2. The second-order valence-corrected chi connectivity index (χ2v) is 20.9. The summed E-state index contributed by atoms with van der Waals surface area (Å²) in [5.41, 5.74) is 0. The molecule has 2 unspecified atom stereocenters. The lowest BCUT2D eigenvalue weighted by Crippen LogP contribution is -2.44. The Morgan fingerprint density at radius 3 is 1.08 bits per heavy atom. The maximum Gasteiger partial charge on any atom is 0.306 e. The average molecular weight is 1050 g/mol. The quantitative estimate of drug-likeness (QED) is 0.0195. The zero-order valence-corrected chi connectivity index (χ0v) is 48.6. The molecule has 0 heterocycles. The number of allylic oxidation sites excluding steroid dienone is 18. The van der Waals surface area contributed by atoms with Gasteiger partial charge in [-0.25, -0.2) is 0 Å². The molecule has 0 saturated carbocycles. The Bertz CT molecular complexity index is 1590. The SMILES string of the molecule is CC/C=C\C/C=C\C/C=C\C/C=C\C/C=C\C/C=C\CCCCCCCCCCCCCCCCCCCCC(=O)OC(COC(=O)CCCCC/C=C\C/C=C\C/C=C\CC)COC(OCC[N+](C)(C)C)C(=O)[O-]. The molecule has 0 saturated heterocycles. The van der Waals surface area contributed by atoms with Crippen LogP contribution >= 0.6 is 0 Å². The number of likely N-dealkylation sites (N-methyl/N-ethyl adjacent to an activating group) is 1. The van der Waals surface area contributed by atoms with Crippen LogP contribution in [-0.4, -0.2) is 82.3 Å². The number of hydrogen-bond donors (Lipinski definition) is 0. The summed E-state index contributed by atoms with van der Waals surface area (Å²) in [7, 11) is 5.91. The van der Waals surface area contributed by atoms with Crippen LogP contribution in [0, 0.1) is 0 Å². The van der Waals surface area contributed by atoms with E-state index in [9.17, 15) is 19.5 Å². The highest BCUT2D eigenvalue weighted by Crippen LogP contribution is 2.16. The van der Waals surface area contributed by atoms with E-state index in [4.69, 9.17) is 18.9 Å². The van der Waals surface area contributed by atoms with Gasteiger partial charge in [-0.1, -0.05) is 232 Å². The van der Waals surface area contributed by atoms with Gasteiger partial charge >= 0.3 is 11.9 Å². The number of quaternary nitrogens is 1. The van der Waals surface area contributed by atoms with E-state index in [1.54, 1.807) is 0 Å². The zero-order chi connectivity index (χ0) is 54.8. The van der Waals surface area contributed by atoms with Gasteiger partial charge in [0.1, 0.15) is 13.2 Å². The van der Waals surface area contributed by atoms with Gasteiger partial charge in [-0.3, -0.25) is 9.59 Å². The number of carboxylic acids is 1. The fourth-order valence-electron chi connectivity index (χ4n) is 7.97. The average Bonchev–Trinajstić information content (AvgIpc) is 3.38. The number of carbonyl (C=O) groups is 3. The fraction of sp³-hybridized carbons (Fsp3) is 0.682. The van der Waals surface area contributed by atoms with Crippen LogP contribution in [-0.2, 0) is 33.3 Å². The van der Waals surface area contributed by atoms with Crippen LogP contribution in [0.5, 0.6) is 0 Å². The molecule has 0 spiro atoms. The molecule has 0 aliphatic heterocycles. The number of carboxylic acid groups (broad SMARTS) is 1. The molecule has 0 radical (unpaired) electrons. The van der Waals surface area contributed by atoms with Crippen LogP contribution in [0.1, 0.15) is 232 Å². The van der Waals surface area contributed by atoms with E-state index in [2.05, 4.69) is 123 Å². The van der Waals surface area contributed by atoms with Crippen molar-refractivity contribution in [3.8, 4) is 0 Å². The highest BCUT2D eigenvalue weighted by atomic mass is 16.7. The first-order valence-electron chi connectivity index (χ1n) is 30.0. The van der Waals surface area contributed by atoms with Crippen molar-refractivity contribution in [1.29, 1.82) is 0 Å². The first-order valence-corrected chi connectivity index (χ1v) is 30.0. The van der Waals surface area contributed by atoms with Gasteiger partial charge in [-0.05, 0) is 96.3 Å². The van der Waals surface area contributed by atoms with Gasteiger partial charge < -0.3 is 33.3 Å². The second-order valence-electron chi connectivity index (χ2n) is 20.9. The minimum absolute atomic E-state index is 0.139. The van der Waals surface area contributed by atoms with Gasteiger partial charge in [-0.15, -0.1) is 0 Å². The van der Waals surface area contributed by atoms with Gasteiger partial charge in [0.25, 0.3) is 0 Å². The molecule has 0 amide bonds. The summed E-state index contributed by atoms with van der Waals surface area (Å²) < 4.78 is 22.6. The lowest BCUT2D eigenvalue weighted by molar-refractivity contribution is -0.870. The minimum Gasteiger partial charge on any atom is -0.545 e. The lowest BCUT2D eigenvalue weighted by atomic mass is 10.0. The molecule has 0 aromatic heterocycles. The van der Waals surface area contributed by atoms with Gasteiger partial charge in [0.15, 0.2) is 12.4 Å². The maximum absolute atomic E-state index is 12.9. The zero-order valence-electron chi connectivity index (χ0n) is 48.6. The molecule has 428 valence electrons. The van der Waals surface area contributed by atoms with E-state index in [0.717, 1.165) is 96.3 Å². The molecule has 0 aliphatic rings. The van der Waals surface area contributed by atoms with Crippen LogP contribution in [0.3, 0.4) is 0 Å². The molecule has 0 aromatic carbocycles. The highest BCUT2D eigenvalue weighted by Gasteiger charge is 2.22. The summed E-state index contributed by atoms with van der Waals surface area (Å²) in [4.78, 5) is 37.2. The van der Waals surface area contributed by atoms with Gasteiger partial charge in [-0.2, -0.15) is 0 Å². The first kappa shape index (κ1) is 71.0. The Morgan fingerprint density at radius 1 is 0.400 bits per heavy atom. The number of nitrogens with zero attached hydrogens (tertiary/aromatic N) is 1. The van der Waals surface area contributed by atoms with E-state index in [1.165, 1.54) is 96.3 Å². The molecule has 0 N–H and O–H groups in total. The van der Waals surface area contributed by atoms with Crippen molar-refractivity contribution >= 4 is 17.9 Å². The van der Waals surface area contributed by atoms with Crippen LogP contribution in [0.25, 0.3) is 0 Å². The number of aliphatic carboxylic acids is 1. The summed E-state index contributed by atoms with van der Waals surface area (Å²) in [5.74, 6) is -2.33. The fourth-order valence-corrected chi connectivity index (χ4v) is 7.97. The predicted octanol–water partition coefficient (Wildman–Crippen LogP) is 16.6. The molecule has 75 heavy (non-hydrogen) atoms. The van der Waals surface area contributed by atoms with Crippen molar-refractivity contribution in [2.24, 2.45) is 0 Å². The number of rotatable bonds is 54. The molecule has 9 heteroatoms. The van der Waals surface area contributed by atoms with Crippen LogP contribution in [0.2, 0.25) is 0 Å². The van der Waals surface area contributed by atoms with Crippen molar-refractivity contribution in [2.45, 2.75) is 245 Å². The molecule has 9 nitrogen and oxygen atoms in total. The van der Waals surface area contributed by atoms with Crippen LogP contribution in [0.4, 0.5) is 0 Å². The van der Waals surface area contributed by atoms with Crippen molar-refractivity contribution in [2.75, 3.05) is 47.5 Å². The standard InChI is InChI=1S/C66H111NO8/c1-6-8-10-12-14-16-18-20-21-22-23-24-25-26-27-28-29-30-31-32-33-34-35-36-37-38-39-40-41-42-43-45-47-49-51-53-55-57-64(69)75-62(61-74-66(65(70)71)72-59-58-67(3,4)5)60-73-63(68)56-54-52-50-48-46-44-19-17-15-13-11-9-7-2/h8-11,14-17,20-21,23-24,26-27,29-30,44,46,62,66H,6-7,12-13,18-19,22,25,28,31-43,45,47-61H2,1-5H3/b10-8-,11-9-,16-14-,17-15-,21-20-,24-23-,27-26-,30-29-,46-44-. The Morgan fingerprint density at radius 2 is 0.720 bits per heavy atom. The Kier molecular flexibility index (Phi) is 53.1. The molecule has 0 aliphatic carbocycles. The lowest BCUT2D eigenvalue weighted by Gasteiger charge is -2.26. The summed E-state index contributed by atoms with van der Waals surface area (Å²) in [6, 6.07) is 0. The maximum atomic E-state index is 12.9. The smallest absolute Gasteiger partial charge is 0.306 e. The van der Waals surface area contributed by atoms with Crippen molar-refractivity contribution in [3.05, 3.63) is 109 Å². The summed E-state index contributed by atoms with van der Waals surface area (Å²) in [6.07, 6.45) is 74.5.